The highest BCUT2D eigenvalue weighted by Crippen LogP contribution is 2.17. The second-order valence-corrected chi connectivity index (χ2v) is 5.16. The van der Waals surface area contributed by atoms with Crippen LogP contribution in [-0.2, 0) is 7.05 Å². The number of halogens is 1. The minimum Gasteiger partial charge on any atom is -0.368 e. The Hall–Kier alpha value is -2.37. The third-order valence-corrected chi connectivity index (χ3v) is 3.71. The summed E-state index contributed by atoms with van der Waals surface area (Å²) in [7, 11) is 1.79. The van der Waals surface area contributed by atoms with E-state index in [0.717, 1.165) is 18.8 Å². The first kappa shape index (κ1) is 13.6. The van der Waals surface area contributed by atoms with Gasteiger partial charge in [-0.25, -0.2) is 4.39 Å². The maximum Gasteiger partial charge on any atom is 0.257 e. The zero-order valence-electron chi connectivity index (χ0n) is 11.9. The number of carbonyl (C=O) groups excluding carboxylic acids is 1. The van der Waals surface area contributed by atoms with Crippen molar-refractivity contribution in [3.63, 3.8) is 0 Å². The number of aryl methyl sites for hydroxylation is 1. The van der Waals surface area contributed by atoms with E-state index < -0.39 is 0 Å². The summed E-state index contributed by atoms with van der Waals surface area (Å²) >= 11 is 0. The maximum atomic E-state index is 12.9. The van der Waals surface area contributed by atoms with Gasteiger partial charge in [0.1, 0.15) is 5.82 Å². The molecule has 0 radical (unpaired) electrons. The molecule has 0 bridgehead atoms. The van der Waals surface area contributed by atoms with Gasteiger partial charge in [-0.2, -0.15) is 5.10 Å². The quantitative estimate of drug-likeness (QED) is 0.841. The fourth-order valence-electron chi connectivity index (χ4n) is 2.53. The zero-order valence-corrected chi connectivity index (χ0v) is 11.9. The van der Waals surface area contributed by atoms with Crippen LogP contribution in [0.3, 0.4) is 0 Å². The molecule has 1 aromatic carbocycles. The Morgan fingerprint density at radius 3 is 2.38 bits per heavy atom. The van der Waals surface area contributed by atoms with E-state index in [9.17, 15) is 9.18 Å². The van der Waals surface area contributed by atoms with E-state index in [4.69, 9.17) is 0 Å². The van der Waals surface area contributed by atoms with E-state index in [1.807, 2.05) is 4.90 Å². The van der Waals surface area contributed by atoms with Crippen LogP contribution in [0, 0.1) is 5.82 Å². The summed E-state index contributed by atoms with van der Waals surface area (Å²) in [5.41, 5.74) is 1.61. The Bertz CT molecular complexity index is 629. The van der Waals surface area contributed by atoms with Crippen molar-refractivity contribution in [2.75, 3.05) is 31.1 Å². The number of piperazine rings is 1. The number of anilines is 1. The predicted octanol–water partition coefficient (Wildman–Crippen LogP) is 1.52. The number of nitrogens with zero attached hydrogens (tertiary/aromatic N) is 4. The first-order valence-corrected chi connectivity index (χ1v) is 6.92. The van der Waals surface area contributed by atoms with Gasteiger partial charge in [-0.15, -0.1) is 0 Å². The van der Waals surface area contributed by atoms with Gasteiger partial charge in [-0.3, -0.25) is 9.48 Å². The van der Waals surface area contributed by atoms with Crippen molar-refractivity contribution >= 4 is 11.6 Å². The molecule has 110 valence electrons. The average Bonchev–Trinajstić information content (AvgIpc) is 2.94. The molecule has 0 aliphatic carbocycles. The van der Waals surface area contributed by atoms with Crippen molar-refractivity contribution < 1.29 is 9.18 Å². The molecule has 6 heteroatoms. The highest BCUT2D eigenvalue weighted by molar-refractivity contribution is 5.93. The van der Waals surface area contributed by atoms with Gasteiger partial charge in [-0.1, -0.05) is 0 Å². The number of carbonyl (C=O) groups is 1. The summed E-state index contributed by atoms with van der Waals surface area (Å²) in [5, 5.41) is 4.03. The van der Waals surface area contributed by atoms with Gasteiger partial charge in [-0.05, 0) is 24.3 Å². The fourth-order valence-corrected chi connectivity index (χ4v) is 2.53. The molecule has 0 N–H and O–H groups in total. The predicted molar refractivity (Wildman–Crippen MR) is 77.7 cm³/mol. The molecule has 21 heavy (non-hydrogen) atoms. The standard InChI is InChI=1S/C15H17FN4O/c1-18-11-12(10-17-18)15(21)20-8-6-19(7-9-20)14-4-2-13(16)3-5-14/h2-5,10-11H,6-9H2,1H3. The van der Waals surface area contributed by atoms with Crippen LogP contribution in [-0.4, -0.2) is 46.8 Å². The molecule has 2 heterocycles. The number of rotatable bonds is 2. The maximum absolute atomic E-state index is 12.9. The van der Waals surface area contributed by atoms with Crippen molar-refractivity contribution in [2.24, 2.45) is 7.05 Å². The second-order valence-electron chi connectivity index (χ2n) is 5.16. The van der Waals surface area contributed by atoms with Crippen LogP contribution in [0.4, 0.5) is 10.1 Å². The molecule has 5 nitrogen and oxygen atoms in total. The molecule has 0 spiro atoms. The number of hydrogen-bond donors (Lipinski definition) is 0. The van der Waals surface area contributed by atoms with Crippen LogP contribution in [0.2, 0.25) is 0 Å². The number of amides is 1. The van der Waals surface area contributed by atoms with Gasteiger partial charge < -0.3 is 9.80 Å². The monoisotopic (exact) mass is 288 g/mol. The molecular formula is C15H17FN4O. The van der Waals surface area contributed by atoms with E-state index in [-0.39, 0.29) is 11.7 Å². The highest BCUT2D eigenvalue weighted by atomic mass is 19.1. The lowest BCUT2D eigenvalue weighted by Gasteiger charge is -2.36. The van der Waals surface area contributed by atoms with Gasteiger partial charge in [0.15, 0.2) is 0 Å². The fraction of sp³-hybridized carbons (Fsp3) is 0.333. The molecule has 0 saturated carbocycles. The third kappa shape index (κ3) is 2.89. The first-order chi connectivity index (χ1) is 10.1. The molecule has 3 rings (SSSR count). The summed E-state index contributed by atoms with van der Waals surface area (Å²) in [4.78, 5) is 16.3. The van der Waals surface area contributed by atoms with Crippen molar-refractivity contribution in [2.45, 2.75) is 0 Å². The lowest BCUT2D eigenvalue weighted by molar-refractivity contribution is 0.0746. The number of benzene rings is 1. The van der Waals surface area contributed by atoms with Crippen molar-refractivity contribution in [1.29, 1.82) is 0 Å². The normalized spacial score (nSPS) is 15.3. The number of hydrogen-bond acceptors (Lipinski definition) is 3. The Morgan fingerprint density at radius 2 is 1.81 bits per heavy atom. The molecule has 1 saturated heterocycles. The number of aromatic nitrogens is 2. The van der Waals surface area contributed by atoms with Crippen LogP contribution < -0.4 is 4.90 Å². The molecule has 1 amide bonds. The van der Waals surface area contributed by atoms with E-state index >= 15 is 0 Å². The van der Waals surface area contributed by atoms with Crippen LogP contribution in [0.1, 0.15) is 10.4 Å². The minimum absolute atomic E-state index is 0.0156. The largest absolute Gasteiger partial charge is 0.368 e. The summed E-state index contributed by atoms with van der Waals surface area (Å²) in [6.45, 7) is 2.81. The molecule has 2 aromatic rings. The average molecular weight is 288 g/mol. The zero-order chi connectivity index (χ0) is 14.8. The topological polar surface area (TPSA) is 41.4 Å². The summed E-state index contributed by atoms with van der Waals surface area (Å²) in [6, 6.07) is 6.47. The Balaban J connectivity index is 1.62. The van der Waals surface area contributed by atoms with Gasteiger partial charge in [0.05, 0.1) is 11.8 Å². The van der Waals surface area contributed by atoms with E-state index in [0.29, 0.717) is 18.7 Å². The Labute approximate surface area is 122 Å². The highest BCUT2D eigenvalue weighted by Gasteiger charge is 2.23. The van der Waals surface area contributed by atoms with Crippen LogP contribution in [0.25, 0.3) is 0 Å². The van der Waals surface area contributed by atoms with E-state index in [1.54, 1.807) is 36.3 Å². The first-order valence-electron chi connectivity index (χ1n) is 6.92. The molecule has 1 aliphatic rings. The third-order valence-electron chi connectivity index (χ3n) is 3.71. The van der Waals surface area contributed by atoms with Crippen LogP contribution in [0.15, 0.2) is 36.7 Å². The van der Waals surface area contributed by atoms with Crippen molar-refractivity contribution in [3.8, 4) is 0 Å². The Morgan fingerprint density at radius 1 is 1.14 bits per heavy atom. The van der Waals surface area contributed by atoms with Crippen molar-refractivity contribution in [3.05, 3.63) is 48.0 Å². The van der Waals surface area contributed by atoms with E-state index in [1.165, 1.54) is 12.1 Å². The van der Waals surface area contributed by atoms with Crippen LogP contribution >= 0.6 is 0 Å². The van der Waals surface area contributed by atoms with Gasteiger partial charge in [0, 0.05) is 45.1 Å². The molecule has 1 aromatic heterocycles. The van der Waals surface area contributed by atoms with E-state index in [2.05, 4.69) is 10.00 Å². The molecular weight excluding hydrogens is 271 g/mol. The summed E-state index contributed by atoms with van der Waals surface area (Å²) in [5.74, 6) is -0.217. The van der Waals surface area contributed by atoms with Gasteiger partial charge in [0.25, 0.3) is 5.91 Å². The molecule has 1 aliphatic heterocycles. The summed E-state index contributed by atoms with van der Waals surface area (Å²) in [6.07, 6.45) is 3.32. The van der Waals surface area contributed by atoms with Gasteiger partial charge in [0.2, 0.25) is 0 Å². The molecule has 0 unspecified atom stereocenters. The van der Waals surface area contributed by atoms with Crippen LogP contribution in [0.5, 0.6) is 0 Å². The second kappa shape index (κ2) is 5.55. The molecule has 0 atom stereocenters. The Kier molecular flexibility index (Phi) is 3.60. The van der Waals surface area contributed by atoms with Crippen molar-refractivity contribution in [1.82, 2.24) is 14.7 Å². The minimum atomic E-state index is -0.232. The summed E-state index contributed by atoms with van der Waals surface area (Å²) < 4.78 is 14.6. The van der Waals surface area contributed by atoms with Gasteiger partial charge >= 0.3 is 0 Å². The SMILES string of the molecule is Cn1cc(C(=O)N2CCN(c3ccc(F)cc3)CC2)cn1. The smallest absolute Gasteiger partial charge is 0.257 e. The molecule has 1 fully saturated rings. The lowest BCUT2D eigenvalue weighted by atomic mass is 10.2. The lowest BCUT2D eigenvalue weighted by Crippen LogP contribution is -2.48.